The standard InChI is InChI=1S/C21H28F3NO.ClH/c22-21(23,24)19-11-7-10-18(16-19)20(17-8-3-1-4-9-17)26-15-14-25-12-5-2-6-13-25;/h7,10-11,16H,1-6,8-9,12-15H2;1H. The van der Waals surface area contributed by atoms with Gasteiger partial charge in [0.15, 0.2) is 0 Å². The Morgan fingerprint density at radius 3 is 2.30 bits per heavy atom. The summed E-state index contributed by atoms with van der Waals surface area (Å²) in [4.78, 5) is 1.55. The number of halogens is 4. The lowest BCUT2D eigenvalue weighted by molar-refractivity contribution is -0.905. The van der Waals surface area contributed by atoms with E-state index in [-0.39, 0.29) is 12.4 Å². The summed E-state index contributed by atoms with van der Waals surface area (Å²) in [6, 6.07) is 5.61. The molecule has 3 rings (SSSR count). The second-order valence-electron chi connectivity index (χ2n) is 7.48. The van der Waals surface area contributed by atoms with Crippen molar-refractivity contribution in [2.24, 2.45) is 0 Å². The van der Waals surface area contributed by atoms with Crippen molar-refractivity contribution in [1.82, 2.24) is 0 Å². The normalized spacial score (nSPS) is 18.7. The monoisotopic (exact) mass is 403 g/mol. The largest absolute Gasteiger partial charge is 1.00 e. The molecule has 1 heterocycles. The number of hydrogen-bond donors (Lipinski definition) is 1. The van der Waals surface area contributed by atoms with Crippen molar-refractivity contribution >= 4 is 5.76 Å². The Bertz CT molecular complexity index is 616. The first-order valence-corrected chi connectivity index (χ1v) is 9.90. The summed E-state index contributed by atoms with van der Waals surface area (Å²) in [6.45, 7) is 3.86. The molecule has 1 saturated carbocycles. The highest BCUT2D eigenvalue weighted by molar-refractivity contribution is 5.64. The van der Waals surface area contributed by atoms with Crippen LogP contribution < -0.4 is 17.3 Å². The van der Waals surface area contributed by atoms with E-state index < -0.39 is 11.7 Å². The number of quaternary nitrogens is 1. The zero-order chi connectivity index (χ0) is 18.4. The smallest absolute Gasteiger partial charge is 0.416 e. The molecular formula is C21H29ClF3NO. The van der Waals surface area contributed by atoms with Crippen molar-refractivity contribution in [3.63, 3.8) is 0 Å². The summed E-state index contributed by atoms with van der Waals surface area (Å²) in [6.07, 6.45) is 4.76. The zero-order valence-corrected chi connectivity index (χ0v) is 16.5. The molecule has 0 radical (unpaired) electrons. The van der Waals surface area contributed by atoms with Crippen molar-refractivity contribution in [3.8, 4) is 0 Å². The predicted octanol–water partition coefficient (Wildman–Crippen LogP) is 1.47. The fourth-order valence-corrected chi connectivity index (χ4v) is 4.03. The van der Waals surface area contributed by atoms with E-state index in [1.165, 1.54) is 56.5 Å². The molecular weight excluding hydrogens is 375 g/mol. The number of likely N-dealkylation sites (tertiary alicyclic amines) is 1. The average molecular weight is 404 g/mol. The number of alkyl halides is 3. The maximum atomic E-state index is 13.1. The molecule has 1 aliphatic heterocycles. The van der Waals surface area contributed by atoms with E-state index in [1.807, 2.05) is 0 Å². The van der Waals surface area contributed by atoms with Crippen LogP contribution in [0.4, 0.5) is 13.2 Å². The van der Waals surface area contributed by atoms with Gasteiger partial charge in [-0.3, -0.25) is 0 Å². The van der Waals surface area contributed by atoms with Crippen molar-refractivity contribution in [2.45, 2.75) is 57.5 Å². The first kappa shape index (κ1) is 22.1. The van der Waals surface area contributed by atoms with Gasteiger partial charge in [0.25, 0.3) is 0 Å². The van der Waals surface area contributed by atoms with Crippen LogP contribution in [0.5, 0.6) is 0 Å². The Hall–Kier alpha value is -1.20. The SMILES string of the molecule is FC(F)(F)c1cccc(C(OCC[NH+]2CCCCC2)=C2CCCCC2)c1.[Cl-]. The van der Waals surface area contributed by atoms with Crippen LogP contribution in [-0.4, -0.2) is 26.2 Å². The molecule has 27 heavy (non-hydrogen) atoms. The van der Waals surface area contributed by atoms with Gasteiger partial charge in [-0.25, -0.2) is 0 Å². The molecule has 1 aliphatic carbocycles. The van der Waals surface area contributed by atoms with E-state index in [4.69, 9.17) is 4.74 Å². The first-order valence-electron chi connectivity index (χ1n) is 9.90. The Balaban J connectivity index is 0.00000261. The molecule has 1 N–H and O–H groups in total. The molecule has 0 atom stereocenters. The number of rotatable bonds is 5. The van der Waals surface area contributed by atoms with E-state index in [1.54, 1.807) is 11.0 Å². The molecule has 0 spiro atoms. The minimum atomic E-state index is -4.32. The second kappa shape index (κ2) is 10.4. The molecule has 152 valence electrons. The fourth-order valence-electron chi connectivity index (χ4n) is 4.03. The van der Waals surface area contributed by atoms with Gasteiger partial charge in [-0.05, 0) is 62.7 Å². The van der Waals surface area contributed by atoms with Crippen LogP contribution in [-0.2, 0) is 10.9 Å². The van der Waals surface area contributed by atoms with E-state index in [2.05, 4.69) is 0 Å². The third-order valence-electron chi connectivity index (χ3n) is 5.49. The highest BCUT2D eigenvalue weighted by atomic mass is 35.5. The first-order chi connectivity index (χ1) is 12.5. The maximum absolute atomic E-state index is 13.1. The predicted molar refractivity (Wildman–Crippen MR) is 96.8 cm³/mol. The third kappa shape index (κ3) is 6.42. The van der Waals surface area contributed by atoms with Crippen LogP contribution in [0.1, 0.15) is 62.5 Å². The maximum Gasteiger partial charge on any atom is 0.416 e. The number of benzene rings is 1. The lowest BCUT2D eigenvalue weighted by Gasteiger charge is -2.25. The molecule has 2 nitrogen and oxygen atoms in total. The van der Waals surface area contributed by atoms with Gasteiger partial charge in [0, 0.05) is 5.56 Å². The molecule has 0 unspecified atom stereocenters. The minimum absolute atomic E-state index is 0. The van der Waals surface area contributed by atoms with Crippen LogP contribution in [0.15, 0.2) is 29.8 Å². The van der Waals surface area contributed by atoms with Crippen molar-refractivity contribution in [2.75, 3.05) is 26.2 Å². The molecule has 1 aromatic rings. The van der Waals surface area contributed by atoms with Crippen LogP contribution in [0, 0.1) is 0 Å². The van der Waals surface area contributed by atoms with Crippen LogP contribution in [0.2, 0.25) is 0 Å². The summed E-state index contributed by atoms with van der Waals surface area (Å²) in [5.41, 5.74) is 1.16. The van der Waals surface area contributed by atoms with Gasteiger partial charge in [0.05, 0.1) is 18.7 Å². The van der Waals surface area contributed by atoms with Gasteiger partial charge in [0.2, 0.25) is 0 Å². The number of piperidine rings is 1. The number of nitrogens with one attached hydrogen (secondary N) is 1. The molecule has 0 bridgehead atoms. The minimum Gasteiger partial charge on any atom is -1.00 e. The zero-order valence-electron chi connectivity index (χ0n) is 15.7. The van der Waals surface area contributed by atoms with E-state index in [9.17, 15) is 13.2 Å². The quantitative estimate of drug-likeness (QED) is 0.735. The summed E-state index contributed by atoms with van der Waals surface area (Å²) in [5.74, 6) is 0.701. The summed E-state index contributed by atoms with van der Waals surface area (Å²) in [5, 5.41) is 0. The molecule has 0 aromatic heterocycles. The average Bonchev–Trinajstić information content (AvgIpc) is 2.66. The molecule has 2 aliphatic rings. The lowest BCUT2D eigenvalue weighted by atomic mass is 9.92. The summed E-state index contributed by atoms with van der Waals surface area (Å²) >= 11 is 0. The van der Waals surface area contributed by atoms with E-state index in [0.717, 1.165) is 38.3 Å². The summed E-state index contributed by atoms with van der Waals surface area (Å²) < 4.78 is 45.5. The molecule has 6 heteroatoms. The van der Waals surface area contributed by atoms with Crippen LogP contribution >= 0.6 is 0 Å². The van der Waals surface area contributed by atoms with Gasteiger partial charge < -0.3 is 22.0 Å². The Kier molecular flexibility index (Phi) is 8.49. The number of hydrogen-bond acceptors (Lipinski definition) is 1. The van der Waals surface area contributed by atoms with Crippen molar-refractivity contribution < 1.29 is 35.2 Å². The Labute approximate surface area is 166 Å². The molecule has 0 amide bonds. The van der Waals surface area contributed by atoms with Gasteiger partial charge in [-0.2, -0.15) is 13.2 Å². The Morgan fingerprint density at radius 1 is 0.963 bits per heavy atom. The highest BCUT2D eigenvalue weighted by Crippen LogP contribution is 2.35. The van der Waals surface area contributed by atoms with Gasteiger partial charge in [-0.15, -0.1) is 0 Å². The molecule has 1 saturated heterocycles. The van der Waals surface area contributed by atoms with Crippen molar-refractivity contribution in [3.05, 3.63) is 41.0 Å². The van der Waals surface area contributed by atoms with Crippen LogP contribution in [0.25, 0.3) is 5.76 Å². The molecule has 1 aromatic carbocycles. The molecule has 2 fully saturated rings. The number of allylic oxidation sites excluding steroid dienone is 1. The lowest BCUT2D eigenvalue weighted by Crippen LogP contribution is -3.13. The second-order valence-corrected chi connectivity index (χ2v) is 7.48. The van der Waals surface area contributed by atoms with Gasteiger partial charge in [0.1, 0.15) is 18.9 Å². The van der Waals surface area contributed by atoms with E-state index >= 15 is 0 Å². The summed E-state index contributed by atoms with van der Waals surface area (Å²) in [7, 11) is 0. The number of ether oxygens (including phenoxy) is 1. The van der Waals surface area contributed by atoms with Gasteiger partial charge >= 0.3 is 6.18 Å². The highest BCUT2D eigenvalue weighted by Gasteiger charge is 2.31. The topological polar surface area (TPSA) is 13.7 Å². The van der Waals surface area contributed by atoms with E-state index in [0.29, 0.717) is 17.9 Å². The Morgan fingerprint density at radius 2 is 1.63 bits per heavy atom. The fraction of sp³-hybridized carbons (Fsp3) is 0.619. The van der Waals surface area contributed by atoms with Crippen LogP contribution in [0.3, 0.4) is 0 Å². The van der Waals surface area contributed by atoms with Crippen molar-refractivity contribution in [1.29, 1.82) is 0 Å². The van der Waals surface area contributed by atoms with Gasteiger partial charge in [-0.1, -0.05) is 18.6 Å². The third-order valence-corrected chi connectivity index (χ3v) is 5.49.